The van der Waals surface area contributed by atoms with E-state index >= 15 is 0 Å². The minimum absolute atomic E-state index is 0.0503. The molecule has 0 amide bonds. The Balaban J connectivity index is 3.60. The molecule has 0 radical (unpaired) electrons. The van der Waals surface area contributed by atoms with Crippen molar-refractivity contribution in [3.05, 3.63) is 37.9 Å². The van der Waals surface area contributed by atoms with E-state index in [1.165, 1.54) is 6.92 Å². The van der Waals surface area contributed by atoms with Gasteiger partial charge in [0.2, 0.25) is 0 Å². The lowest BCUT2D eigenvalue weighted by molar-refractivity contribution is -0.386. The van der Waals surface area contributed by atoms with E-state index in [2.05, 4.69) is 0 Å². The van der Waals surface area contributed by atoms with Crippen LogP contribution in [0.2, 0.25) is 0 Å². The molecule has 1 unspecified atom stereocenters. The van der Waals surface area contributed by atoms with Crippen molar-refractivity contribution in [3.8, 4) is 0 Å². The van der Waals surface area contributed by atoms with Gasteiger partial charge in [0.25, 0.3) is 5.69 Å². The summed E-state index contributed by atoms with van der Waals surface area (Å²) in [4.78, 5) is 22.0. The molecule has 0 heterocycles. The molecule has 104 valence electrons. The molecule has 0 N–H and O–H groups in total. The van der Waals surface area contributed by atoms with Gasteiger partial charge in [-0.1, -0.05) is 0 Å². The molecule has 0 aliphatic carbocycles. The van der Waals surface area contributed by atoms with Gasteiger partial charge in [0, 0.05) is 12.5 Å². The van der Waals surface area contributed by atoms with Crippen molar-refractivity contribution in [2.75, 3.05) is 0 Å². The quantitative estimate of drug-likeness (QED) is 0.477. The van der Waals surface area contributed by atoms with Crippen LogP contribution >= 0.6 is 0 Å². The van der Waals surface area contributed by atoms with Crippen molar-refractivity contribution < 1.29 is 14.5 Å². The van der Waals surface area contributed by atoms with Gasteiger partial charge in [-0.3, -0.25) is 14.9 Å². The number of esters is 1. The first-order chi connectivity index (χ1) is 8.68. The molecular formula is C14H19NO4. The van der Waals surface area contributed by atoms with Crippen molar-refractivity contribution in [3.63, 3.8) is 0 Å². The van der Waals surface area contributed by atoms with Gasteiger partial charge in [-0.15, -0.1) is 0 Å². The highest BCUT2D eigenvalue weighted by Gasteiger charge is 2.28. The van der Waals surface area contributed by atoms with Gasteiger partial charge >= 0.3 is 5.97 Å². The molecule has 19 heavy (non-hydrogen) atoms. The monoisotopic (exact) mass is 265 g/mol. The summed E-state index contributed by atoms with van der Waals surface area (Å²) in [5.41, 5.74) is 3.88. The second-order valence-electron chi connectivity index (χ2n) is 4.77. The molecule has 1 aromatic rings. The van der Waals surface area contributed by atoms with Gasteiger partial charge in [0.1, 0.15) is 6.10 Å². The van der Waals surface area contributed by atoms with E-state index in [1.807, 2.05) is 20.8 Å². The molecule has 0 spiro atoms. The highest BCUT2D eigenvalue weighted by atomic mass is 16.6. The molecule has 5 heteroatoms. The summed E-state index contributed by atoms with van der Waals surface area (Å²) >= 11 is 0. The molecule has 1 aromatic carbocycles. The summed E-state index contributed by atoms with van der Waals surface area (Å²) in [6.07, 6.45) is -0.629. The molecule has 0 aromatic heterocycles. The third kappa shape index (κ3) is 2.75. The number of ether oxygens (including phenoxy) is 1. The normalized spacial score (nSPS) is 12.1. The Labute approximate surface area is 112 Å². The first-order valence-electron chi connectivity index (χ1n) is 6.10. The molecule has 5 nitrogen and oxygen atoms in total. The highest BCUT2D eigenvalue weighted by Crippen LogP contribution is 2.37. The Kier molecular flexibility index (Phi) is 4.29. The molecule has 1 rings (SSSR count). The Hall–Kier alpha value is -1.91. The number of hydrogen-bond acceptors (Lipinski definition) is 4. The summed E-state index contributed by atoms with van der Waals surface area (Å²) in [6, 6.07) is 0. The van der Waals surface area contributed by atoms with Crippen LogP contribution in [0.15, 0.2) is 0 Å². The average molecular weight is 265 g/mol. The maximum atomic E-state index is 11.3. The number of nitro benzene ring substituents is 1. The fourth-order valence-electron chi connectivity index (χ4n) is 2.36. The van der Waals surface area contributed by atoms with Crippen molar-refractivity contribution >= 4 is 11.7 Å². The van der Waals surface area contributed by atoms with E-state index in [4.69, 9.17) is 4.74 Å². The van der Waals surface area contributed by atoms with Crippen LogP contribution in [0.1, 0.15) is 47.8 Å². The predicted molar refractivity (Wildman–Crippen MR) is 72.2 cm³/mol. The van der Waals surface area contributed by atoms with E-state index in [9.17, 15) is 14.9 Å². The van der Waals surface area contributed by atoms with Crippen LogP contribution in [0.3, 0.4) is 0 Å². The van der Waals surface area contributed by atoms with Crippen LogP contribution in [0.5, 0.6) is 0 Å². The third-order valence-corrected chi connectivity index (χ3v) is 3.63. The lowest BCUT2D eigenvalue weighted by atomic mass is 9.90. The van der Waals surface area contributed by atoms with Gasteiger partial charge in [-0.25, -0.2) is 0 Å². The number of rotatable bonds is 3. The van der Waals surface area contributed by atoms with E-state index in [0.29, 0.717) is 11.1 Å². The summed E-state index contributed by atoms with van der Waals surface area (Å²) in [5.74, 6) is -0.447. The SMILES string of the molecule is CC(=O)OC(C)c1c(C)c(C)c(C)c(C)c1[N+](=O)[O-]. The number of hydrogen-bond donors (Lipinski definition) is 0. The van der Waals surface area contributed by atoms with Crippen LogP contribution in [-0.2, 0) is 9.53 Å². The van der Waals surface area contributed by atoms with Gasteiger partial charge < -0.3 is 4.74 Å². The lowest BCUT2D eigenvalue weighted by Gasteiger charge is -2.19. The Morgan fingerprint density at radius 2 is 1.58 bits per heavy atom. The van der Waals surface area contributed by atoms with E-state index in [1.54, 1.807) is 13.8 Å². The van der Waals surface area contributed by atoms with Crippen LogP contribution in [0, 0.1) is 37.8 Å². The molecule has 0 saturated heterocycles. The van der Waals surface area contributed by atoms with Crippen molar-refractivity contribution in [2.24, 2.45) is 0 Å². The molecule has 0 bridgehead atoms. The molecule has 0 aliphatic rings. The molecular weight excluding hydrogens is 246 g/mol. The summed E-state index contributed by atoms with van der Waals surface area (Å²) < 4.78 is 5.11. The van der Waals surface area contributed by atoms with Crippen molar-refractivity contribution in [1.82, 2.24) is 0 Å². The Morgan fingerprint density at radius 1 is 1.11 bits per heavy atom. The minimum atomic E-state index is -0.629. The third-order valence-electron chi connectivity index (χ3n) is 3.63. The number of nitrogens with zero attached hydrogens (tertiary/aromatic N) is 1. The summed E-state index contributed by atoms with van der Waals surface area (Å²) in [7, 11) is 0. The largest absolute Gasteiger partial charge is 0.458 e. The standard InChI is InChI=1S/C14H19NO4/c1-7-8(2)10(4)14(15(17)18)13(9(7)3)11(5)19-12(6)16/h11H,1-6H3. The maximum absolute atomic E-state index is 11.3. The van der Waals surface area contributed by atoms with Crippen LogP contribution in [0.4, 0.5) is 5.69 Å². The Bertz CT molecular complexity index is 549. The molecule has 0 saturated carbocycles. The van der Waals surface area contributed by atoms with Crippen molar-refractivity contribution in [1.29, 1.82) is 0 Å². The minimum Gasteiger partial charge on any atom is -0.458 e. The van der Waals surface area contributed by atoms with Crippen molar-refractivity contribution in [2.45, 2.75) is 47.6 Å². The molecule has 0 aliphatic heterocycles. The zero-order valence-corrected chi connectivity index (χ0v) is 12.2. The highest BCUT2D eigenvalue weighted by molar-refractivity contribution is 5.67. The maximum Gasteiger partial charge on any atom is 0.303 e. The first-order valence-corrected chi connectivity index (χ1v) is 6.10. The topological polar surface area (TPSA) is 69.4 Å². The zero-order valence-electron chi connectivity index (χ0n) is 12.2. The van der Waals surface area contributed by atoms with Crippen LogP contribution in [-0.4, -0.2) is 10.9 Å². The van der Waals surface area contributed by atoms with E-state index < -0.39 is 17.0 Å². The fraction of sp³-hybridized carbons (Fsp3) is 0.500. The number of nitro groups is 1. The van der Waals surface area contributed by atoms with Crippen LogP contribution < -0.4 is 0 Å². The van der Waals surface area contributed by atoms with Gasteiger partial charge in [-0.05, 0) is 51.3 Å². The molecule has 1 atom stereocenters. The van der Waals surface area contributed by atoms with Crippen LogP contribution in [0.25, 0.3) is 0 Å². The van der Waals surface area contributed by atoms with Gasteiger partial charge in [-0.2, -0.15) is 0 Å². The second-order valence-corrected chi connectivity index (χ2v) is 4.77. The summed E-state index contributed by atoms with van der Waals surface area (Å²) in [6.45, 7) is 10.3. The Morgan fingerprint density at radius 3 is 2.00 bits per heavy atom. The second kappa shape index (κ2) is 5.38. The average Bonchev–Trinajstić information content (AvgIpc) is 2.29. The summed E-state index contributed by atoms with van der Waals surface area (Å²) in [5, 5.41) is 11.3. The zero-order chi connectivity index (χ0) is 14.9. The number of carbonyl (C=O) groups is 1. The number of benzene rings is 1. The molecule has 0 fully saturated rings. The van der Waals surface area contributed by atoms with E-state index in [0.717, 1.165) is 16.7 Å². The smallest absolute Gasteiger partial charge is 0.303 e. The lowest BCUT2D eigenvalue weighted by Crippen LogP contribution is -2.12. The fourth-order valence-corrected chi connectivity index (χ4v) is 2.36. The van der Waals surface area contributed by atoms with Gasteiger partial charge in [0.05, 0.1) is 10.5 Å². The van der Waals surface area contributed by atoms with E-state index in [-0.39, 0.29) is 5.69 Å². The number of carbonyl (C=O) groups excluding carboxylic acids is 1. The first kappa shape index (κ1) is 15.1. The van der Waals surface area contributed by atoms with Gasteiger partial charge in [0.15, 0.2) is 0 Å². The predicted octanol–water partition coefficient (Wildman–Crippen LogP) is 3.45.